The summed E-state index contributed by atoms with van der Waals surface area (Å²) >= 11 is 0. The lowest BCUT2D eigenvalue weighted by Crippen LogP contribution is -2.35. The normalized spacial score (nSPS) is 11.8. The van der Waals surface area contributed by atoms with Crippen LogP contribution in [0.4, 0.5) is 10.6 Å². The summed E-state index contributed by atoms with van der Waals surface area (Å²) < 4.78 is 51.3. The number of nitrogens with zero attached hydrogens (tertiary/aromatic N) is 1. The Morgan fingerprint density at radius 2 is 1.92 bits per heavy atom. The van der Waals surface area contributed by atoms with Crippen LogP contribution in [0.25, 0.3) is 0 Å². The number of hydrogen-bond donors (Lipinski definition) is 2. The number of carbonyl (C=O) groups is 2. The Morgan fingerprint density at radius 3 is 2.60 bits per heavy atom. The van der Waals surface area contributed by atoms with E-state index < -0.39 is 26.9 Å². The van der Waals surface area contributed by atoms with E-state index in [-0.39, 0.29) is 29.3 Å². The average Bonchev–Trinajstić information content (AvgIpc) is 2.60. The van der Waals surface area contributed by atoms with Crippen molar-refractivity contribution in [3.63, 3.8) is 0 Å². The molecule has 1 heterocycles. The van der Waals surface area contributed by atoms with Crippen molar-refractivity contribution in [3.8, 4) is 5.75 Å². The third-order valence-electron chi connectivity index (χ3n) is 2.90. The minimum absolute atomic E-state index is 0.145. The van der Waals surface area contributed by atoms with Gasteiger partial charge in [-0.25, -0.2) is 27.7 Å². The summed E-state index contributed by atoms with van der Waals surface area (Å²) in [6.45, 7) is 0. The largest absolute Gasteiger partial charge is 0.493 e. The first-order valence-electron chi connectivity index (χ1n) is 7.73. The van der Waals surface area contributed by atoms with Crippen LogP contribution in [0.5, 0.6) is 5.75 Å². The van der Waals surface area contributed by atoms with Crippen LogP contribution >= 0.6 is 0 Å². The van der Waals surface area contributed by atoms with Crippen molar-refractivity contribution in [2.45, 2.75) is 4.90 Å². The van der Waals surface area contributed by atoms with Crippen LogP contribution in [0.3, 0.4) is 0 Å². The maximum atomic E-state index is 12.5. The average molecular weight is 367 g/mol. The second-order valence-electron chi connectivity index (χ2n) is 4.46. The van der Waals surface area contributed by atoms with Gasteiger partial charge >= 0.3 is 12.0 Å². The maximum Gasteiger partial charge on any atom is 0.339 e. The zero-order chi connectivity index (χ0) is 20.2. The molecule has 25 heavy (non-hydrogen) atoms. The highest BCUT2D eigenvalue weighted by Crippen LogP contribution is 2.20. The number of aromatic nitrogens is 1. The summed E-state index contributed by atoms with van der Waals surface area (Å²) in [5.74, 6) is -1.34. The number of hydrogen-bond acceptors (Lipinski definition) is 7. The predicted octanol–water partition coefficient (Wildman–Crippen LogP) is 1.39. The highest BCUT2D eigenvalue weighted by molar-refractivity contribution is 7.90. The molecule has 2 aromatic rings. The van der Waals surface area contributed by atoms with Crippen LogP contribution in [0.15, 0.2) is 47.4 Å². The molecule has 10 heteroatoms. The molecule has 0 saturated heterocycles. The molecule has 0 aliphatic rings. The van der Waals surface area contributed by atoms with Crippen LogP contribution in [-0.2, 0) is 14.8 Å². The third-order valence-corrected chi connectivity index (χ3v) is 4.29. The molecule has 0 aliphatic heterocycles. The van der Waals surface area contributed by atoms with Crippen LogP contribution in [0.2, 0.25) is 0 Å². The van der Waals surface area contributed by atoms with Gasteiger partial charge in [-0.2, -0.15) is 0 Å². The van der Waals surface area contributed by atoms with E-state index >= 15 is 0 Å². The summed E-state index contributed by atoms with van der Waals surface area (Å²) in [5, 5.41) is 2.11. The Hall–Kier alpha value is -3.14. The molecule has 2 amide bonds. The molecular formula is C15H15N3O6S. The molecule has 0 saturated carbocycles. The number of esters is 1. The number of rotatable bonds is 5. The monoisotopic (exact) mass is 367 g/mol. The van der Waals surface area contributed by atoms with Crippen LogP contribution in [0.1, 0.15) is 13.1 Å². The first kappa shape index (κ1) is 15.4. The van der Waals surface area contributed by atoms with Crippen molar-refractivity contribution in [2.75, 3.05) is 19.5 Å². The van der Waals surface area contributed by atoms with E-state index in [0.29, 0.717) is 0 Å². The fraction of sp³-hybridized carbons (Fsp3) is 0.133. The van der Waals surface area contributed by atoms with Gasteiger partial charge in [0.15, 0.2) is 11.6 Å². The number of ether oxygens (including phenoxy) is 2. The molecule has 0 bridgehead atoms. The molecular weight excluding hydrogens is 350 g/mol. The predicted molar refractivity (Wildman–Crippen MR) is 87.9 cm³/mol. The zero-order valence-corrected chi connectivity index (χ0v) is 14.0. The minimum Gasteiger partial charge on any atom is -0.493 e. The van der Waals surface area contributed by atoms with E-state index in [1.165, 1.54) is 25.3 Å². The van der Waals surface area contributed by atoms with Crippen LogP contribution in [0, 0.1) is 0 Å². The van der Waals surface area contributed by atoms with Crippen molar-refractivity contribution >= 4 is 27.8 Å². The number of nitrogens with one attached hydrogen (secondary N) is 2. The Bertz CT molecular complexity index is 997. The molecule has 9 nitrogen and oxygen atoms in total. The number of urea groups is 1. The highest BCUT2D eigenvalue weighted by Gasteiger charge is 2.25. The fourth-order valence-corrected chi connectivity index (χ4v) is 2.95. The molecule has 0 aliphatic carbocycles. The quantitative estimate of drug-likeness (QED) is 0.765. The molecule has 0 spiro atoms. The molecule has 1 aromatic heterocycles. The minimum atomic E-state index is -4.43. The lowest BCUT2D eigenvalue weighted by molar-refractivity contribution is 0.0596. The van der Waals surface area contributed by atoms with Gasteiger partial charge in [-0.05, 0) is 24.2 Å². The number of amides is 2. The first-order valence-corrected chi connectivity index (χ1v) is 8.21. The molecule has 1 aromatic carbocycles. The maximum absolute atomic E-state index is 12.5. The SMILES string of the molecule is [2H]c1cc([2H])c(OC)c(NC(=O)NS(=O)(=O)c2ccccc2C(=O)OC)n1. The van der Waals surface area contributed by atoms with Gasteiger partial charge in [-0.3, -0.25) is 5.32 Å². The summed E-state index contributed by atoms with van der Waals surface area (Å²) in [6.07, 6.45) is -0.324. The van der Waals surface area contributed by atoms with E-state index in [2.05, 4.69) is 15.0 Å². The number of benzene rings is 1. The van der Waals surface area contributed by atoms with Gasteiger partial charge in [-0.15, -0.1) is 0 Å². The van der Waals surface area contributed by atoms with Gasteiger partial charge in [0.25, 0.3) is 10.0 Å². The Kier molecular flexibility index (Phi) is 4.69. The van der Waals surface area contributed by atoms with E-state index in [9.17, 15) is 18.0 Å². The molecule has 0 radical (unpaired) electrons. The summed E-state index contributed by atoms with van der Waals surface area (Å²) in [7, 11) is -2.11. The molecule has 132 valence electrons. The van der Waals surface area contributed by atoms with E-state index in [4.69, 9.17) is 7.48 Å². The summed E-state index contributed by atoms with van der Waals surface area (Å²) in [6, 6.07) is 4.84. The van der Waals surface area contributed by atoms with Crippen molar-refractivity contribution in [1.82, 2.24) is 9.71 Å². The van der Waals surface area contributed by atoms with Gasteiger partial charge in [0.1, 0.15) is 4.90 Å². The summed E-state index contributed by atoms with van der Waals surface area (Å²) in [5.41, 5.74) is -0.252. The van der Waals surface area contributed by atoms with Gasteiger partial charge in [0.2, 0.25) is 0 Å². The Labute approximate surface area is 146 Å². The van der Waals surface area contributed by atoms with Gasteiger partial charge < -0.3 is 9.47 Å². The van der Waals surface area contributed by atoms with E-state index in [1.54, 1.807) is 4.72 Å². The number of methoxy groups -OCH3 is 2. The smallest absolute Gasteiger partial charge is 0.339 e. The molecule has 0 fully saturated rings. The van der Waals surface area contributed by atoms with Crippen molar-refractivity contribution < 1.29 is 30.2 Å². The number of anilines is 1. The second-order valence-corrected chi connectivity index (χ2v) is 6.11. The van der Waals surface area contributed by atoms with Crippen molar-refractivity contribution in [3.05, 3.63) is 48.1 Å². The number of sulfonamides is 1. The van der Waals surface area contributed by atoms with Crippen LogP contribution < -0.4 is 14.8 Å². The van der Waals surface area contributed by atoms with Gasteiger partial charge in [0.05, 0.1) is 22.5 Å². The molecule has 2 N–H and O–H groups in total. The first-order chi connectivity index (χ1) is 12.7. The fourth-order valence-electron chi connectivity index (χ4n) is 1.84. The van der Waals surface area contributed by atoms with E-state index in [0.717, 1.165) is 19.2 Å². The van der Waals surface area contributed by atoms with Gasteiger partial charge in [0, 0.05) is 6.17 Å². The molecule has 0 unspecified atom stereocenters. The van der Waals surface area contributed by atoms with Crippen LogP contribution in [-0.4, -0.2) is 39.6 Å². The third kappa shape index (κ3) is 4.23. The second kappa shape index (κ2) is 7.62. The standard InChI is InChI=1S/C15H15N3O6S/c1-23-11-7-5-9-16-13(11)17-15(20)18-25(21,22)12-8-4-3-6-10(12)14(19)24-2/h3-9H,1-2H3,(H2,16,17,18,20)/i7D,9D. The Morgan fingerprint density at radius 1 is 1.20 bits per heavy atom. The lowest BCUT2D eigenvalue weighted by Gasteiger charge is -2.12. The number of carbonyl (C=O) groups excluding carboxylic acids is 2. The van der Waals surface area contributed by atoms with Crippen molar-refractivity contribution in [2.24, 2.45) is 0 Å². The summed E-state index contributed by atoms with van der Waals surface area (Å²) in [4.78, 5) is 27.1. The van der Waals surface area contributed by atoms with E-state index in [1.807, 2.05) is 0 Å². The zero-order valence-electron chi connectivity index (χ0n) is 15.2. The van der Waals surface area contributed by atoms with Crippen molar-refractivity contribution in [1.29, 1.82) is 0 Å². The Balaban J connectivity index is 2.30. The number of pyridine rings is 1. The topological polar surface area (TPSA) is 124 Å². The lowest BCUT2D eigenvalue weighted by atomic mass is 10.2. The molecule has 0 atom stereocenters. The van der Waals surface area contributed by atoms with Gasteiger partial charge in [-0.1, -0.05) is 12.1 Å². The molecule has 2 rings (SSSR count). The highest BCUT2D eigenvalue weighted by atomic mass is 32.2.